The van der Waals surface area contributed by atoms with E-state index in [0.717, 1.165) is 4.47 Å². The van der Waals surface area contributed by atoms with Gasteiger partial charge in [0.1, 0.15) is 5.75 Å². The molecule has 6 heteroatoms. The highest BCUT2D eigenvalue weighted by molar-refractivity contribution is 9.10. The van der Waals surface area contributed by atoms with Crippen molar-refractivity contribution in [3.05, 3.63) is 57.0 Å². The van der Waals surface area contributed by atoms with Crippen LogP contribution in [0.5, 0.6) is 5.75 Å². The minimum atomic E-state index is -0.661. The molecule has 0 saturated carbocycles. The summed E-state index contributed by atoms with van der Waals surface area (Å²) in [4.78, 5) is 12.1. The van der Waals surface area contributed by atoms with Gasteiger partial charge >= 0.3 is 0 Å². The molecule has 1 atom stereocenters. The maximum absolute atomic E-state index is 12.1. The fourth-order valence-electron chi connectivity index (χ4n) is 1.60. The van der Waals surface area contributed by atoms with Crippen LogP contribution in [0.15, 0.2) is 46.9 Å². The molecule has 2 aromatic rings. The van der Waals surface area contributed by atoms with Crippen molar-refractivity contribution in [2.45, 2.75) is 13.0 Å². The van der Waals surface area contributed by atoms with Crippen molar-refractivity contribution in [2.75, 3.05) is 5.32 Å². The number of benzene rings is 2. The summed E-state index contributed by atoms with van der Waals surface area (Å²) in [6.07, 6.45) is -0.661. The van der Waals surface area contributed by atoms with Gasteiger partial charge in [-0.05, 0) is 49.4 Å². The molecule has 0 radical (unpaired) electrons. The van der Waals surface area contributed by atoms with Crippen LogP contribution in [0.3, 0.4) is 0 Å². The van der Waals surface area contributed by atoms with Crippen LogP contribution in [0, 0.1) is 0 Å². The molecule has 0 saturated heterocycles. The van der Waals surface area contributed by atoms with E-state index < -0.39 is 6.10 Å². The van der Waals surface area contributed by atoms with Crippen molar-refractivity contribution in [3.8, 4) is 5.75 Å². The third-order valence-corrected chi connectivity index (χ3v) is 3.74. The van der Waals surface area contributed by atoms with Crippen molar-refractivity contribution in [3.63, 3.8) is 0 Å². The third-order valence-electron chi connectivity index (χ3n) is 2.68. The highest BCUT2D eigenvalue weighted by Gasteiger charge is 2.16. The number of hydrogen-bond acceptors (Lipinski definition) is 2. The fraction of sp³-hybridized carbons (Fsp3) is 0.133. The van der Waals surface area contributed by atoms with E-state index in [1.165, 1.54) is 0 Å². The molecule has 0 aliphatic rings. The Kier molecular flexibility index (Phi) is 5.51. The number of anilines is 1. The molecule has 21 heavy (non-hydrogen) atoms. The van der Waals surface area contributed by atoms with Crippen LogP contribution in [0.25, 0.3) is 0 Å². The largest absolute Gasteiger partial charge is 0.481 e. The van der Waals surface area contributed by atoms with Crippen LogP contribution < -0.4 is 10.1 Å². The van der Waals surface area contributed by atoms with Gasteiger partial charge in [-0.3, -0.25) is 4.79 Å². The Bertz CT molecular complexity index is 647. The molecule has 1 N–H and O–H groups in total. The van der Waals surface area contributed by atoms with Gasteiger partial charge in [-0.1, -0.05) is 39.1 Å². The molecular formula is C15H12BrCl2NO2. The first-order valence-electron chi connectivity index (χ1n) is 6.14. The Labute approximate surface area is 141 Å². The minimum Gasteiger partial charge on any atom is -0.481 e. The summed E-state index contributed by atoms with van der Waals surface area (Å²) in [7, 11) is 0. The second-order valence-corrected chi connectivity index (χ2v) is 6.09. The highest BCUT2D eigenvalue weighted by Crippen LogP contribution is 2.26. The molecule has 2 aromatic carbocycles. The van der Waals surface area contributed by atoms with E-state index in [2.05, 4.69) is 21.2 Å². The maximum atomic E-state index is 12.1. The summed E-state index contributed by atoms with van der Waals surface area (Å²) in [5.41, 5.74) is 0.538. The zero-order chi connectivity index (χ0) is 15.4. The summed E-state index contributed by atoms with van der Waals surface area (Å²) >= 11 is 15.2. The zero-order valence-electron chi connectivity index (χ0n) is 11.1. The monoisotopic (exact) mass is 387 g/mol. The molecule has 110 valence electrons. The number of nitrogens with one attached hydrogen (secondary N) is 1. The quantitative estimate of drug-likeness (QED) is 0.785. The number of halogens is 3. The van der Waals surface area contributed by atoms with Gasteiger partial charge in [0.05, 0.1) is 10.7 Å². The SMILES string of the molecule is C[C@@H](Oc1ccc(Cl)cc1)C(=O)Nc1ccc(Br)cc1Cl. The summed E-state index contributed by atoms with van der Waals surface area (Å²) in [5, 5.41) is 3.79. The normalized spacial score (nSPS) is 11.8. The van der Waals surface area contributed by atoms with Crippen LogP contribution in [0.2, 0.25) is 10.0 Å². The second kappa shape index (κ2) is 7.16. The molecule has 0 heterocycles. The standard InChI is InChI=1S/C15H12BrCl2NO2/c1-9(21-12-5-3-11(17)4-6-12)15(20)19-14-7-2-10(16)8-13(14)18/h2-9H,1H3,(H,19,20)/t9-/m1/s1. The molecule has 0 fully saturated rings. The van der Waals surface area contributed by atoms with Crippen molar-refractivity contribution >= 4 is 50.7 Å². The number of hydrogen-bond donors (Lipinski definition) is 1. The first-order valence-corrected chi connectivity index (χ1v) is 7.69. The van der Waals surface area contributed by atoms with E-state index in [1.54, 1.807) is 49.4 Å². The van der Waals surface area contributed by atoms with Crippen LogP contribution in [0.4, 0.5) is 5.69 Å². The topological polar surface area (TPSA) is 38.3 Å². The third kappa shape index (κ3) is 4.63. The van der Waals surface area contributed by atoms with Crippen LogP contribution in [-0.2, 0) is 4.79 Å². The lowest BCUT2D eigenvalue weighted by atomic mass is 10.3. The predicted octanol–water partition coefficient (Wildman–Crippen LogP) is 5.16. The summed E-state index contributed by atoms with van der Waals surface area (Å²) in [6, 6.07) is 12.0. The number of carbonyl (C=O) groups excluding carboxylic acids is 1. The molecule has 3 nitrogen and oxygen atoms in total. The lowest BCUT2D eigenvalue weighted by Gasteiger charge is -2.15. The molecule has 1 amide bonds. The summed E-state index contributed by atoms with van der Waals surface area (Å²) in [5.74, 6) is 0.290. The number of ether oxygens (including phenoxy) is 1. The Morgan fingerprint density at radius 2 is 1.86 bits per heavy atom. The number of amides is 1. The van der Waals surface area contributed by atoms with E-state index in [1.807, 2.05) is 0 Å². The fourth-order valence-corrected chi connectivity index (χ4v) is 2.44. The molecule has 0 aromatic heterocycles. The van der Waals surface area contributed by atoms with Gasteiger partial charge in [-0.15, -0.1) is 0 Å². The van der Waals surface area contributed by atoms with Crippen molar-refractivity contribution in [2.24, 2.45) is 0 Å². The van der Waals surface area contributed by atoms with E-state index in [9.17, 15) is 4.79 Å². The number of carbonyl (C=O) groups is 1. The van der Waals surface area contributed by atoms with Gasteiger partial charge in [0.15, 0.2) is 6.10 Å². The van der Waals surface area contributed by atoms with Gasteiger partial charge in [-0.2, -0.15) is 0 Å². The van der Waals surface area contributed by atoms with Crippen molar-refractivity contribution in [1.82, 2.24) is 0 Å². The number of rotatable bonds is 4. The van der Waals surface area contributed by atoms with Crippen molar-refractivity contribution in [1.29, 1.82) is 0 Å². The lowest BCUT2D eigenvalue weighted by molar-refractivity contribution is -0.122. The van der Waals surface area contributed by atoms with E-state index in [4.69, 9.17) is 27.9 Å². The van der Waals surface area contributed by atoms with Crippen LogP contribution in [0.1, 0.15) is 6.92 Å². The van der Waals surface area contributed by atoms with E-state index in [-0.39, 0.29) is 5.91 Å². The minimum absolute atomic E-state index is 0.283. The Hall–Kier alpha value is -1.23. The lowest BCUT2D eigenvalue weighted by Crippen LogP contribution is -2.30. The Morgan fingerprint density at radius 3 is 2.48 bits per heavy atom. The molecule has 0 aliphatic carbocycles. The summed E-state index contributed by atoms with van der Waals surface area (Å²) in [6.45, 7) is 1.66. The molecule has 0 bridgehead atoms. The average molecular weight is 389 g/mol. The smallest absolute Gasteiger partial charge is 0.265 e. The first-order chi connectivity index (χ1) is 9.95. The van der Waals surface area contributed by atoms with E-state index in [0.29, 0.717) is 21.5 Å². The second-order valence-electron chi connectivity index (χ2n) is 4.33. The predicted molar refractivity (Wildman–Crippen MR) is 89.3 cm³/mol. The van der Waals surface area contributed by atoms with Gasteiger partial charge in [0, 0.05) is 9.50 Å². The Balaban J connectivity index is 2.00. The molecule has 0 aliphatic heterocycles. The van der Waals surface area contributed by atoms with Gasteiger partial charge in [-0.25, -0.2) is 0 Å². The maximum Gasteiger partial charge on any atom is 0.265 e. The summed E-state index contributed by atoms with van der Waals surface area (Å²) < 4.78 is 6.39. The average Bonchev–Trinajstić information content (AvgIpc) is 2.44. The first kappa shape index (κ1) is 16.1. The van der Waals surface area contributed by atoms with Gasteiger partial charge in [0.2, 0.25) is 0 Å². The molecule has 0 unspecified atom stereocenters. The molecule has 0 spiro atoms. The van der Waals surface area contributed by atoms with Gasteiger partial charge in [0.25, 0.3) is 5.91 Å². The van der Waals surface area contributed by atoms with Crippen LogP contribution in [-0.4, -0.2) is 12.0 Å². The zero-order valence-corrected chi connectivity index (χ0v) is 14.2. The highest BCUT2D eigenvalue weighted by atomic mass is 79.9. The van der Waals surface area contributed by atoms with Crippen LogP contribution >= 0.6 is 39.1 Å². The molecular weight excluding hydrogens is 377 g/mol. The van der Waals surface area contributed by atoms with E-state index >= 15 is 0 Å². The van der Waals surface area contributed by atoms with Crippen molar-refractivity contribution < 1.29 is 9.53 Å². The van der Waals surface area contributed by atoms with Gasteiger partial charge < -0.3 is 10.1 Å². The Morgan fingerprint density at radius 1 is 1.19 bits per heavy atom. The molecule has 2 rings (SSSR count).